The first-order valence-electron chi connectivity index (χ1n) is 9.39. The molecule has 0 fully saturated rings. The summed E-state index contributed by atoms with van der Waals surface area (Å²) in [5.41, 5.74) is 5.53. The minimum Gasteiger partial charge on any atom is -0.308 e. The van der Waals surface area contributed by atoms with Crippen LogP contribution in [0.3, 0.4) is 0 Å². The summed E-state index contributed by atoms with van der Waals surface area (Å²) < 4.78 is 1.70. The minimum atomic E-state index is -0.301. The summed E-state index contributed by atoms with van der Waals surface area (Å²) in [5.74, 6) is 0.0806. The normalized spacial score (nSPS) is 16.9. The Balaban J connectivity index is 1.56. The maximum Gasteiger partial charge on any atom is 0.240 e. The molecule has 0 spiro atoms. The lowest BCUT2D eigenvalue weighted by atomic mass is 10.1. The van der Waals surface area contributed by atoms with E-state index in [1.165, 1.54) is 28.5 Å². The van der Waals surface area contributed by atoms with Crippen LogP contribution >= 0.6 is 11.8 Å². The SMILES string of the molecule is Cc1ccc(-n2nnnc2S[C@H](C)C(=O)N2c3ccccc3C[C@@H]2C)cc1C. The lowest BCUT2D eigenvalue weighted by Crippen LogP contribution is -2.40. The molecule has 1 aromatic heterocycles. The number of carbonyl (C=O) groups excluding carboxylic acids is 1. The summed E-state index contributed by atoms with van der Waals surface area (Å²) in [6, 6.07) is 14.4. The van der Waals surface area contributed by atoms with Crippen molar-refractivity contribution in [2.24, 2.45) is 0 Å². The summed E-state index contributed by atoms with van der Waals surface area (Å²) >= 11 is 1.39. The van der Waals surface area contributed by atoms with Gasteiger partial charge in [-0.05, 0) is 79.4 Å². The van der Waals surface area contributed by atoms with Crippen molar-refractivity contribution in [2.75, 3.05) is 4.90 Å². The van der Waals surface area contributed by atoms with Crippen molar-refractivity contribution in [3.8, 4) is 5.69 Å². The van der Waals surface area contributed by atoms with E-state index in [1.807, 2.05) is 36.1 Å². The zero-order chi connectivity index (χ0) is 19.8. The molecule has 3 aromatic rings. The Bertz CT molecular complexity index is 1030. The van der Waals surface area contributed by atoms with Crippen molar-refractivity contribution >= 4 is 23.4 Å². The molecular formula is C21H23N5OS. The van der Waals surface area contributed by atoms with E-state index in [9.17, 15) is 4.79 Å². The molecule has 0 aliphatic carbocycles. The first kappa shape index (κ1) is 18.7. The summed E-state index contributed by atoms with van der Waals surface area (Å²) in [4.78, 5) is 15.1. The van der Waals surface area contributed by atoms with Crippen LogP contribution in [0.1, 0.15) is 30.5 Å². The number of tetrazole rings is 1. The molecule has 0 unspecified atom stereocenters. The van der Waals surface area contributed by atoms with Gasteiger partial charge in [-0.15, -0.1) is 5.10 Å². The fraction of sp³-hybridized carbons (Fsp3) is 0.333. The molecule has 0 bridgehead atoms. The topological polar surface area (TPSA) is 63.9 Å². The van der Waals surface area contributed by atoms with Crippen molar-refractivity contribution in [2.45, 2.75) is 50.6 Å². The van der Waals surface area contributed by atoms with Crippen molar-refractivity contribution in [3.63, 3.8) is 0 Å². The second-order valence-corrected chi connectivity index (χ2v) is 8.60. The zero-order valence-corrected chi connectivity index (χ0v) is 17.3. The van der Waals surface area contributed by atoms with Crippen LogP contribution in [0.4, 0.5) is 5.69 Å². The van der Waals surface area contributed by atoms with E-state index < -0.39 is 0 Å². The van der Waals surface area contributed by atoms with E-state index in [1.54, 1.807) is 4.68 Å². The molecule has 2 atom stereocenters. The predicted molar refractivity (Wildman–Crippen MR) is 111 cm³/mol. The molecule has 1 aliphatic rings. The van der Waals surface area contributed by atoms with Gasteiger partial charge in [0.25, 0.3) is 0 Å². The molecule has 2 heterocycles. The van der Waals surface area contributed by atoms with Crippen molar-refractivity contribution < 1.29 is 4.79 Å². The molecule has 0 radical (unpaired) electrons. The number of aryl methyl sites for hydroxylation is 2. The second-order valence-electron chi connectivity index (χ2n) is 7.29. The number of thioether (sulfide) groups is 1. The summed E-state index contributed by atoms with van der Waals surface area (Å²) in [7, 11) is 0. The molecule has 0 N–H and O–H groups in total. The Kier molecular flexibility index (Phi) is 4.93. The number of aromatic nitrogens is 4. The average Bonchev–Trinajstić information content (AvgIpc) is 3.26. The highest BCUT2D eigenvalue weighted by molar-refractivity contribution is 8.00. The maximum absolute atomic E-state index is 13.2. The number of anilines is 1. The molecule has 0 saturated carbocycles. The second kappa shape index (κ2) is 7.39. The van der Waals surface area contributed by atoms with E-state index >= 15 is 0 Å². The largest absolute Gasteiger partial charge is 0.308 e. The summed E-state index contributed by atoms with van der Waals surface area (Å²) in [6.45, 7) is 8.15. The Morgan fingerprint density at radius 1 is 1.18 bits per heavy atom. The van der Waals surface area contributed by atoms with Gasteiger partial charge in [0.2, 0.25) is 11.1 Å². The van der Waals surface area contributed by atoms with Crippen LogP contribution in [0.2, 0.25) is 0 Å². The zero-order valence-electron chi connectivity index (χ0n) is 16.5. The monoisotopic (exact) mass is 393 g/mol. The lowest BCUT2D eigenvalue weighted by molar-refractivity contribution is -0.118. The Morgan fingerprint density at radius 2 is 1.96 bits per heavy atom. The highest BCUT2D eigenvalue weighted by Crippen LogP contribution is 2.34. The van der Waals surface area contributed by atoms with Crippen LogP contribution in [-0.4, -0.2) is 37.4 Å². The van der Waals surface area contributed by atoms with E-state index in [2.05, 4.69) is 54.5 Å². The van der Waals surface area contributed by atoms with Gasteiger partial charge in [0, 0.05) is 11.7 Å². The third-order valence-electron chi connectivity index (χ3n) is 5.25. The number of benzene rings is 2. The Morgan fingerprint density at radius 3 is 2.75 bits per heavy atom. The van der Waals surface area contributed by atoms with Gasteiger partial charge >= 0.3 is 0 Å². The van der Waals surface area contributed by atoms with Crippen molar-refractivity contribution in [1.82, 2.24) is 20.2 Å². The van der Waals surface area contributed by atoms with Gasteiger partial charge in [-0.3, -0.25) is 4.79 Å². The van der Waals surface area contributed by atoms with Gasteiger partial charge in [-0.25, -0.2) is 0 Å². The van der Waals surface area contributed by atoms with Gasteiger partial charge in [0.15, 0.2) is 0 Å². The highest BCUT2D eigenvalue weighted by atomic mass is 32.2. The molecule has 4 rings (SSSR count). The number of fused-ring (bicyclic) bond motifs is 1. The van der Waals surface area contributed by atoms with Crippen molar-refractivity contribution in [3.05, 3.63) is 59.2 Å². The fourth-order valence-corrected chi connectivity index (χ4v) is 4.43. The molecule has 7 heteroatoms. The molecule has 1 amide bonds. The first-order valence-corrected chi connectivity index (χ1v) is 10.3. The Labute approximate surface area is 168 Å². The maximum atomic E-state index is 13.2. The van der Waals surface area contributed by atoms with Gasteiger partial charge in [-0.1, -0.05) is 36.0 Å². The fourth-order valence-electron chi connectivity index (χ4n) is 3.58. The molecule has 144 valence electrons. The van der Waals surface area contributed by atoms with Gasteiger partial charge < -0.3 is 4.90 Å². The van der Waals surface area contributed by atoms with Gasteiger partial charge in [0.1, 0.15) is 0 Å². The van der Waals surface area contributed by atoms with Crippen molar-refractivity contribution in [1.29, 1.82) is 0 Å². The van der Waals surface area contributed by atoms with E-state index in [-0.39, 0.29) is 17.2 Å². The molecule has 1 aliphatic heterocycles. The van der Waals surface area contributed by atoms with E-state index in [4.69, 9.17) is 0 Å². The quantitative estimate of drug-likeness (QED) is 0.632. The highest BCUT2D eigenvalue weighted by Gasteiger charge is 2.34. The van der Waals surface area contributed by atoms with Gasteiger partial charge in [0.05, 0.1) is 10.9 Å². The molecular weight excluding hydrogens is 370 g/mol. The van der Waals surface area contributed by atoms with Crippen LogP contribution in [0.15, 0.2) is 47.6 Å². The number of amides is 1. The standard InChI is InChI=1S/C21H23N5OS/c1-13-9-10-18(11-14(13)2)26-21(22-23-24-26)28-16(4)20(27)25-15(3)12-17-7-5-6-8-19(17)25/h5-11,15-16H,12H2,1-4H3/t15-,16+/m0/s1. The molecule has 6 nitrogen and oxygen atoms in total. The van der Waals surface area contributed by atoms with Crippen LogP contribution in [-0.2, 0) is 11.2 Å². The summed E-state index contributed by atoms with van der Waals surface area (Å²) in [6.07, 6.45) is 0.889. The third kappa shape index (κ3) is 3.30. The van der Waals surface area contributed by atoms with E-state index in [0.717, 1.165) is 17.8 Å². The van der Waals surface area contributed by atoms with Crippen LogP contribution in [0.25, 0.3) is 5.69 Å². The van der Waals surface area contributed by atoms with E-state index in [0.29, 0.717) is 5.16 Å². The number of hydrogen-bond donors (Lipinski definition) is 0. The molecule has 28 heavy (non-hydrogen) atoms. The Hall–Kier alpha value is -2.67. The lowest BCUT2D eigenvalue weighted by Gasteiger charge is -2.25. The van der Waals surface area contributed by atoms with Gasteiger partial charge in [-0.2, -0.15) is 4.68 Å². The third-order valence-corrected chi connectivity index (χ3v) is 6.27. The van der Waals surface area contributed by atoms with Crippen LogP contribution in [0.5, 0.6) is 0 Å². The number of carbonyl (C=O) groups is 1. The van der Waals surface area contributed by atoms with Crippen LogP contribution in [0, 0.1) is 13.8 Å². The number of rotatable bonds is 4. The van der Waals surface area contributed by atoms with Crippen LogP contribution < -0.4 is 4.90 Å². The first-order chi connectivity index (χ1) is 13.5. The number of nitrogens with zero attached hydrogens (tertiary/aromatic N) is 5. The summed E-state index contributed by atoms with van der Waals surface area (Å²) in [5, 5.41) is 12.4. The molecule has 0 saturated heterocycles. The predicted octanol–water partition coefficient (Wildman–Crippen LogP) is 3.74. The molecule has 2 aromatic carbocycles. The number of hydrogen-bond acceptors (Lipinski definition) is 5. The minimum absolute atomic E-state index is 0.0806. The average molecular weight is 394 g/mol. The number of para-hydroxylation sites is 1. The smallest absolute Gasteiger partial charge is 0.240 e.